The number of methoxy groups -OCH3 is 1. The van der Waals surface area contributed by atoms with Crippen LogP contribution in [0.4, 0.5) is 0 Å². The summed E-state index contributed by atoms with van der Waals surface area (Å²) >= 11 is 1.32. The van der Waals surface area contributed by atoms with Crippen molar-refractivity contribution in [3.8, 4) is 0 Å². The van der Waals surface area contributed by atoms with Gasteiger partial charge in [0, 0.05) is 12.0 Å². The first-order valence-corrected chi connectivity index (χ1v) is 6.58. The van der Waals surface area contributed by atoms with Gasteiger partial charge in [-0.05, 0) is 31.2 Å². The average molecular weight is 284 g/mol. The van der Waals surface area contributed by atoms with Gasteiger partial charge in [0.05, 0.1) is 12.2 Å². The lowest BCUT2D eigenvalue weighted by Gasteiger charge is -2.11. The summed E-state index contributed by atoms with van der Waals surface area (Å²) in [7, 11) is 1.54. The molecule has 0 radical (unpaired) electrons. The number of hydrogen-bond acceptors (Lipinski definition) is 5. The van der Waals surface area contributed by atoms with E-state index in [-0.39, 0.29) is 23.4 Å². The second-order valence-corrected chi connectivity index (χ2v) is 5.16. The topological polar surface area (TPSA) is 72.8 Å². The fourth-order valence-corrected chi connectivity index (χ4v) is 2.14. The first-order chi connectivity index (χ1) is 9.04. The van der Waals surface area contributed by atoms with Crippen molar-refractivity contribution in [2.45, 2.75) is 17.1 Å². The van der Waals surface area contributed by atoms with Crippen molar-refractivity contribution in [3.05, 3.63) is 29.8 Å². The van der Waals surface area contributed by atoms with E-state index < -0.39 is 5.97 Å². The van der Waals surface area contributed by atoms with Gasteiger partial charge in [-0.15, -0.1) is 11.8 Å². The standard InChI is InChI=1S/C13H16O5S/c1-9(13(16)18-8-7-17-2)19-11-5-3-10(4-6-11)12(14)15/h3-6,9H,7-8H2,1-2H3,(H,14,15). The normalized spacial score (nSPS) is 11.9. The Morgan fingerprint density at radius 2 is 1.89 bits per heavy atom. The zero-order valence-electron chi connectivity index (χ0n) is 10.8. The highest BCUT2D eigenvalue weighted by Crippen LogP contribution is 2.24. The molecular formula is C13H16O5S. The maximum Gasteiger partial charge on any atom is 0.335 e. The zero-order valence-corrected chi connectivity index (χ0v) is 11.6. The van der Waals surface area contributed by atoms with Gasteiger partial charge in [-0.2, -0.15) is 0 Å². The molecule has 1 aromatic rings. The molecule has 5 nitrogen and oxygen atoms in total. The van der Waals surface area contributed by atoms with E-state index >= 15 is 0 Å². The number of carbonyl (C=O) groups excluding carboxylic acids is 1. The molecule has 0 bridgehead atoms. The van der Waals surface area contributed by atoms with Gasteiger partial charge in [-0.1, -0.05) is 0 Å². The van der Waals surface area contributed by atoms with E-state index in [2.05, 4.69) is 0 Å². The van der Waals surface area contributed by atoms with Gasteiger partial charge in [-0.25, -0.2) is 4.79 Å². The van der Waals surface area contributed by atoms with Gasteiger partial charge in [0.2, 0.25) is 0 Å². The summed E-state index contributed by atoms with van der Waals surface area (Å²) < 4.78 is 9.79. The first-order valence-electron chi connectivity index (χ1n) is 5.70. The SMILES string of the molecule is COCCOC(=O)C(C)Sc1ccc(C(=O)O)cc1. The number of hydrogen-bond donors (Lipinski definition) is 1. The maximum atomic E-state index is 11.6. The number of benzene rings is 1. The molecule has 0 saturated carbocycles. The Morgan fingerprint density at radius 1 is 1.26 bits per heavy atom. The number of carboxylic acid groups (broad SMARTS) is 1. The molecule has 1 rings (SSSR count). The Bertz CT molecular complexity index is 429. The van der Waals surface area contributed by atoms with Crippen LogP contribution in [-0.2, 0) is 14.3 Å². The summed E-state index contributed by atoms with van der Waals surface area (Å²) in [6.07, 6.45) is 0. The Kier molecular flexibility index (Phi) is 6.38. The third-order valence-corrected chi connectivity index (χ3v) is 3.37. The van der Waals surface area contributed by atoms with Crippen molar-refractivity contribution in [3.63, 3.8) is 0 Å². The van der Waals surface area contributed by atoms with Gasteiger partial charge in [0.15, 0.2) is 0 Å². The molecule has 0 fully saturated rings. The van der Waals surface area contributed by atoms with Crippen molar-refractivity contribution < 1.29 is 24.2 Å². The molecule has 0 aromatic heterocycles. The number of carboxylic acids is 1. The number of carbonyl (C=O) groups is 2. The summed E-state index contributed by atoms with van der Waals surface area (Å²) in [5.74, 6) is -1.28. The first kappa shape index (κ1) is 15.5. The molecule has 0 spiro atoms. The Morgan fingerprint density at radius 3 is 2.42 bits per heavy atom. The molecule has 1 aromatic carbocycles. The molecular weight excluding hydrogens is 268 g/mol. The molecule has 0 aliphatic carbocycles. The van der Waals surface area contributed by atoms with Crippen LogP contribution in [0.15, 0.2) is 29.2 Å². The van der Waals surface area contributed by atoms with Gasteiger partial charge < -0.3 is 14.6 Å². The fourth-order valence-electron chi connectivity index (χ4n) is 1.27. The van der Waals surface area contributed by atoms with Gasteiger partial charge in [-0.3, -0.25) is 4.79 Å². The molecule has 6 heteroatoms. The van der Waals surface area contributed by atoms with Crippen molar-refractivity contribution in [1.82, 2.24) is 0 Å². The van der Waals surface area contributed by atoms with Crippen molar-refractivity contribution in [2.24, 2.45) is 0 Å². The minimum atomic E-state index is -0.969. The molecule has 1 N–H and O–H groups in total. The Hall–Kier alpha value is -1.53. The van der Waals surface area contributed by atoms with E-state index in [1.807, 2.05) is 0 Å². The van der Waals surface area contributed by atoms with Crippen LogP contribution in [0.1, 0.15) is 17.3 Å². The lowest BCUT2D eigenvalue weighted by atomic mass is 10.2. The van der Waals surface area contributed by atoms with Gasteiger partial charge >= 0.3 is 11.9 Å². The van der Waals surface area contributed by atoms with E-state index in [0.29, 0.717) is 6.61 Å². The highest BCUT2D eigenvalue weighted by molar-refractivity contribution is 8.00. The summed E-state index contributed by atoms with van der Waals surface area (Å²) in [6, 6.07) is 6.36. The number of ether oxygens (including phenoxy) is 2. The zero-order chi connectivity index (χ0) is 14.3. The molecule has 0 heterocycles. The Balaban J connectivity index is 2.49. The molecule has 0 saturated heterocycles. The predicted molar refractivity (Wildman–Crippen MR) is 71.6 cm³/mol. The van der Waals surface area contributed by atoms with E-state index in [0.717, 1.165) is 4.90 Å². The van der Waals surface area contributed by atoms with Gasteiger partial charge in [0.1, 0.15) is 11.9 Å². The van der Waals surface area contributed by atoms with E-state index in [1.54, 1.807) is 19.1 Å². The summed E-state index contributed by atoms with van der Waals surface area (Å²) in [6.45, 7) is 2.35. The number of esters is 1. The fraction of sp³-hybridized carbons (Fsp3) is 0.385. The van der Waals surface area contributed by atoms with Crippen molar-refractivity contribution >= 4 is 23.7 Å². The van der Waals surface area contributed by atoms with Crippen LogP contribution in [0.3, 0.4) is 0 Å². The summed E-state index contributed by atoms with van der Waals surface area (Å²) in [5.41, 5.74) is 0.222. The molecule has 1 atom stereocenters. The van der Waals surface area contributed by atoms with Crippen molar-refractivity contribution in [2.75, 3.05) is 20.3 Å². The van der Waals surface area contributed by atoms with E-state index in [9.17, 15) is 9.59 Å². The van der Waals surface area contributed by atoms with Gasteiger partial charge in [0.25, 0.3) is 0 Å². The number of rotatable bonds is 7. The van der Waals surface area contributed by atoms with E-state index in [4.69, 9.17) is 14.6 Å². The molecule has 0 amide bonds. The lowest BCUT2D eigenvalue weighted by Crippen LogP contribution is -2.19. The van der Waals surface area contributed by atoms with Crippen LogP contribution in [0.5, 0.6) is 0 Å². The Labute approximate surface area is 115 Å². The highest BCUT2D eigenvalue weighted by atomic mass is 32.2. The molecule has 1 unspecified atom stereocenters. The molecule has 0 aliphatic rings. The highest BCUT2D eigenvalue weighted by Gasteiger charge is 2.16. The molecule has 0 aliphatic heterocycles. The third-order valence-electron chi connectivity index (χ3n) is 2.28. The monoisotopic (exact) mass is 284 g/mol. The van der Waals surface area contributed by atoms with Crippen LogP contribution < -0.4 is 0 Å². The summed E-state index contributed by atoms with van der Waals surface area (Å²) in [5, 5.41) is 8.42. The van der Waals surface area contributed by atoms with Crippen molar-refractivity contribution in [1.29, 1.82) is 0 Å². The minimum absolute atomic E-state index is 0.222. The average Bonchev–Trinajstić information content (AvgIpc) is 2.39. The predicted octanol–water partition coefficient (Wildman–Crippen LogP) is 2.06. The molecule has 19 heavy (non-hydrogen) atoms. The quantitative estimate of drug-likeness (QED) is 0.469. The van der Waals surface area contributed by atoms with E-state index in [1.165, 1.54) is 31.0 Å². The van der Waals surface area contributed by atoms with Crippen LogP contribution in [0, 0.1) is 0 Å². The smallest absolute Gasteiger partial charge is 0.335 e. The summed E-state index contributed by atoms with van der Waals surface area (Å²) in [4.78, 5) is 23.1. The van der Waals surface area contributed by atoms with Crippen LogP contribution in [0.25, 0.3) is 0 Å². The molecule has 104 valence electrons. The number of thioether (sulfide) groups is 1. The van der Waals surface area contributed by atoms with Crippen LogP contribution >= 0.6 is 11.8 Å². The minimum Gasteiger partial charge on any atom is -0.478 e. The van der Waals surface area contributed by atoms with Crippen LogP contribution in [0.2, 0.25) is 0 Å². The third kappa shape index (κ3) is 5.32. The lowest BCUT2D eigenvalue weighted by molar-refractivity contribution is -0.143. The second kappa shape index (κ2) is 7.81. The maximum absolute atomic E-state index is 11.6. The largest absolute Gasteiger partial charge is 0.478 e. The number of aromatic carboxylic acids is 1. The van der Waals surface area contributed by atoms with Crippen LogP contribution in [-0.4, -0.2) is 42.6 Å². The second-order valence-electron chi connectivity index (χ2n) is 3.75.